The van der Waals surface area contributed by atoms with Crippen LogP contribution in [0.5, 0.6) is 6.01 Å². The van der Waals surface area contributed by atoms with Gasteiger partial charge in [-0.15, -0.1) is 0 Å². The summed E-state index contributed by atoms with van der Waals surface area (Å²) in [5.74, 6) is 0.866. The average Bonchev–Trinajstić information content (AvgIpc) is 2.79. The van der Waals surface area contributed by atoms with E-state index in [2.05, 4.69) is 68.8 Å². The molecule has 0 amide bonds. The third kappa shape index (κ3) is 6.65. The van der Waals surface area contributed by atoms with Gasteiger partial charge in [-0.25, -0.2) is 0 Å². The number of likely N-dealkylation sites (N-methyl/N-ethyl adjacent to an activating group) is 1. The summed E-state index contributed by atoms with van der Waals surface area (Å²) in [6.45, 7) is 7.45. The Kier molecular flexibility index (Phi) is 8.60. The molecule has 3 rings (SSSR count). The Labute approximate surface area is 184 Å². The summed E-state index contributed by atoms with van der Waals surface area (Å²) in [6.07, 6.45) is 3.81. The Bertz CT molecular complexity index is 985. The molecule has 164 valence electrons. The molecule has 2 aromatic carbocycles. The van der Waals surface area contributed by atoms with Gasteiger partial charge in [0.05, 0.1) is 17.6 Å². The van der Waals surface area contributed by atoms with E-state index in [1.54, 1.807) is 6.21 Å². The third-order valence-corrected chi connectivity index (χ3v) is 4.75. The average molecular weight is 421 g/mol. The van der Waals surface area contributed by atoms with Crippen LogP contribution in [-0.2, 0) is 0 Å². The van der Waals surface area contributed by atoms with Crippen molar-refractivity contribution in [3.63, 3.8) is 0 Å². The van der Waals surface area contributed by atoms with E-state index < -0.39 is 0 Å². The number of hydrogen-bond donors (Lipinski definition) is 2. The highest BCUT2D eigenvalue weighted by atomic mass is 16.5. The first kappa shape index (κ1) is 22.5. The van der Waals surface area contributed by atoms with Crippen molar-refractivity contribution >= 4 is 28.5 Å². The highest BCUT2D eigenvalue weighted by Crippen LogP contribution is 2.19. The number of nitrogens with one attached hydrogen (secondary N) is 2. The largest absolute Gasteiger partial charge is 0.462 e. The number of anilines is 2. The van der Waals surface area contributed by atoms with Crippen molar-refractivity contribution in [2.45, 2.75) is 26.7 Å². The molecule has 1 aromatic heterocycles. The molecule has 0 unspecified atom stereocenters. The van der Waals surface area contributed by atoms with E-state index in [-0.39, 0.29) is 0 Å². The van der Waals surface area contributed by atoms with E-state index in [1.807, 2.05) is 31.3 Å². The van der Waals surface area contributed by atoms with Crippen molar-refractivity contribution in [1.82, 2.24) is 15.3 Å². The second-order valence-electron chi connectivity index (χ2n) is 7.30. The summed E-state index contributed by atoms with van der Waals surface area (Å²) in [7, 11) is 1.89. The molecule has 0 bridgehead atoms. The fourth-order valence-corrected chi connectivity index (χ4v) is 3.28. The zero-order valence-corrected chi connectivity index (χ0v) is 18.6. The highest BCUT2D eigenvalue weighted by Gasteiger charge is 2.11. The number of aromatic nitrogens is 2. The highest BCUT2D eigenvalue weighted by molar-refractivity contribution is 5.86. The molecule has 0 atom stereocenters. The van der Waals surface area contributed by atoms with Crippen molar-refractivity contribution in [3.8, 4) is 6.01 Å². The van der Waals surface area contributed by atoms with E-state index in [1.165, 1.54) is 10.8 Å². The van der Waals surface area contributed by atoms with Crippen LogP contribution in [0, 0.1) is 0 Å². The minimum atomic E-state index is 0.372. The number of nitrogens with zero attached hydrogens (tertiary/aromatic N) is 4. The van der Waals surface area contributed by atoms with Crippen molar-refractivity contribution in [3.05, 3.63) is 54.2 Å². The Morgan fingerprint density at radius 3 is 2.52 bits per heavy atom. The lowest BCUT2D eigenvalue weighted by Gasteiger charge is -2.23. The molecule has 0 saturated heterocycles. The molecule has 0 aliphatic carbocycles. The lowest BCUT2D eigenvalue weighted by molar-refractivity contribution is 0.293. The van der Waals surface area contributed by atoms with Crippen LogP contribution in [-0.4, -0.2) is 49.5 Å². The number of fused-ring (bicyclic) bond motifs is 1. The summed E-state index contributed by atoms with van der Waals surface area (Å²) in [5.41, 5.74) is 4.73. The van der Waals surface area contributed by atoms with Crippen LogP contribution in [0.1, 0.15) is 32.4 Å². The maximum atomic E-state index is 5.75. The van der Waals surface area contributed by atoms with Crippen LogP contribution in [0.3, 0.4) is 0 Å². The van der Waals surface area contributed by atoms with Crippen LogP contribution in [0.2, 0.25) is 0 Å². The van der Waals surface area contributed by atoms with Gasteiger partial charge in [-0.2, -0.15) is 15.1 Å². The predicted octanol–water partition coefficient (Wildman–Crippen LogP) is 4.30. The zero-order valence-electron chi connectivity index (χ0n) is 18.6. The second kappa shape index (κ2) is 11.9. The lowest BCUT2D eigenvalue weighted by Crippen LogP contribution is -2.26. The van der Waals surface area contributed by atoms with E-state index in [0.717, 1.165) is 44.0 Å². The van der Waals surface area contributed by atoms with Gasteiger partial charge >= 0.3 is 6.01 Å². The number of hydrazone groups is 1. The molecule has 2 N–H and O–H groups in total. The van der Waals surface area contributed by atoms with Crippen molar-refractivity contribution in [2.75, 3.05) is 43.6 Å². The normalized spacial score (nSPS) is 11.2. The lowest BCUT2D eigenvalue weighted by atomic mass is 10.1. The summed E-state index contributed by atoms with van der Waals surface area (Å²) in [4.78, 5) is 11.4. The maximum Gasteiger partial charge on any atom is 0.319 e. The molecule has 0 saturated carbocycles. The standard InChI is InChI=1S/C24H32N6O/c1-4-13-30(14-5-2)23-17-22(27-24(28-23)31-15-12-25-3)18-26-29-21-11-10-19-8-6-7-9-20(19)16-21/h6-11,16-18,25,29H,4-5,12-15H2,1-3H3/b26-18+. The van der Waals surface area contributed by atoms with E-state index in [0.29, 0.717) is 18.3 Å². The summed E-state index contributed by atoms with van der Waals surface area (Å²) in [5, 5.41) is 9.84. The van der Waals surface area contributed by atoms with Gasteiger partial charge in [-0.1, -0.05) is 44.2 Å². The first-order chi connectivity index (χ1) is 15.2. The van der Waals surface area contributed by atoms with Crippen LogP contribution in [0.25, 0.3) is 10.8 Å². The molecule has 0 aliphatic rings. The maximum absolute atomic E-state index is 5.75. The van der Waals surface area contributed by atoms with Crippen LogP contribution in [0.4, 0.5) is 11.5 Å². The summed E-state index contributed by atoms with van der Waals surface area (Å²) in [6, 6.07) is 16.8. The van der Waals surface area contributed by atoms with Gasteiger partial charge in [-0.3, -0.25) is 5.43 Å². The quantitative estimate of drug-likeness (QED) is 0.258. The fourth-order valence-electron chi connectivity index (χ4n) is 3.28. The third-order valence-electron chi connectivity index (χ3n) is 4.75. The Hall–Kier alpha value is -3.19. The minimum absolute atomic E-state index is 0.372. The fraction of sp³-hybridized carbons (Fsp3) is 0.375. The molecule has 3 aromatic rings. The Morgan fingerprint density at radius 1 is 1.00 bits per heavy atom. The van der Waals surface area contributed by atoms with Gasteiger partial charge in [0.15, 0.2) is 0 Å². The first-order valence-corrected chi connectivity index (χ1v) is 10.9. The number of benzene rings is 2. The van der Waals surface area contributed by atoms with Crippen molar-refractivity contribution in [1.29, 1.82) is 0 Å². The first-order valence-electron chi connectivity index (χ1n) is 10.9. The van der Waals surface area contributed by atoms with Crippen LogP contribution in [0.15, 0.2) is 53.6 Å². The molecular formula is C24H32N6O. The predicted molar refractivity (Wildman–Crippen MR) is 129 cm³/mol. The van der Waals surface area contributed by atoms with E-state index in [9.17, 15) is 0 Å². The molecule has 31 heavy (non-hydrogen) atoms. The van der Waals surface area contributed by atoms with Crippen molar-refractivity contribution < 1.29 is 4.74 Å². The second-order valence-corrected chi connectivity index (χ2v) is 7.30. The van der Waals surface area contributed by atoms with Gasteiger partial charge in [0.2, 0.25) is 0 Å². The number of rotatable bonds is 12. The molecule has 7 nitrogen and oxygen atoms in total. The smallest absolute Gasteiger partial charge is 0.319 e. The summed E-state index contributed by atoms with van der Waals surface area (Å²) < 4.78 is 5.75. The molecule has 0 aliphatic heterocycles. The molecular weight excluding hydrogens is 388 g/mol. The van der Waals surface area contributed by atoms with Gasteiger partial charge in [0.1, 0.15) is 12.4 Å². The topological polar surface area (TPSA) is 74.7 Å². The van der Waals surface area contributed by atoms with Gasteiger partial charge < -0.3 is 15.0 Å². The molecule has 7 heteroatoms. The van der Waals surface area contributed by atoms with Gasteiger partial charge in [-0.05, 0) is 42.8 Å². The minimum Gasteiger partial charge on any atom is -0.462 e. The van der Waals surface area contributed by atoms with Crippen molar-refractivity contribution in [2.24, 2.45) is 5.10 Å². The zero-order chi connectivity index (χ0) is 21.9. The van der Waals surface area contributed by atoms with Gasteiger partial charge in [0.25, 0.3) is 0 Å². The van der Waals surface area contributed by atoms with E-state index >= 15 is 0 Å². The Morgan fingerprint density at radius 2 is 1.77 bits per heavy atom. The molecule has 1 heterocycles. The van der Waals surface area contributed by atoms with Crippen LogP contribution >= 0.6 is 0 Å². The summed E-state index contributed by atoms with van der Waals surface area (Å²) >= 11 is 0. The van der Waals surface area contributed by atoms with Crippen LogP contribution < -0.4 is 20.4 Å². The molecule has 0 fully saturated rings. The molecule has 0 radical (unpaired) electrons. The molecule has 0 spiro atoms. The SMILES string of the molecule is CCCN(CCC)c1cc(/C=N/Nc2ccc3ccccc3c2)nc(OCCNC)n1. The monoisotopic (exact) mass is 420 g/mol. The van der Waals surface area contributed by atoms with Gasteiger partial charge in [0, 0.05) is 25.7 Å². The number of hydrogen-bond acceptors (Lipinski definition) is 7. The number of ether oxygens (including phenoxy) is 1. The Balaban J connectivity index is 1.79. The van der Waals surface area contributed by atoms with E-state index in [4.69, 9.17) is 4.74 Å².